The molecule has 1 heterocycles. The summed E-state index contributed by atoms with van der Waals surface area (Å²) in [6.45, 7) is 2.51. The van der Waals surface area contributed by atoms with Crippen LogP contribution in [-0.2, 0) is 0 Å². The number of amides is 2. The molecule has 6 nitrogen and oxygen atoms in total. The highest BCUT2D eigenvalue weighted by molar-refractivity contribution is 6.05. The van der Waals surface area contributed by atoms with Crippen LogP contribution in [0.15, 0.2) is 42.7 Å². The molecular weight excluding hydrogens is 354 g/mol. The molecule has 0 unspecified atom stereocenters. The molecule has 3 rings (SSSR count). The Balaban J connectivity index is 1.62. The van der Waals surface area contributed by atoms with Crippen molar-refractivity contribution in [2.75, 3.05) is 11.9 Å². The van der Waals surface area contributed by atoms with E-state index in [1.54, 1.807) is 30.3 Å². The van der Waals surface area contributed by atoms with Crippen molar-refractivity contribution in [3.8, 4) is 5.75 Å². The smallest absolute Gasteiger partial charge is 0.257 e. The largest absolute Gasteiger partial charge is 0.494 e. The fraction of sp³-hybridized carbons (Fsp3) is 0.409. The summed E-state index contributed by atoms with van der Waals surface area (Å²) in [5, 5.41) is 5.90. The topological polar surface area (TPSA) is 80.3 Å². The molecule has 1 aliphatic carbocycles. The molecule has 2 amide bonds. The van der Waals surface area contributed by atoms with Gasteiger partial charge in [-0.1, -0.05) is 25.7 Å². The van der Waals surface area contributed by atoms with Gasteiger partial charge in [-0.25, -0.2) is 0 Å². The number of carbonyl (C=O) groups excluding carboxylic acids is 2. The molecule has 1 aromatic heterocycles. The quantitative estimate of drug-likeness (QED) is 0.736. The number of aromatic nitrogens is 1. The van der Waals surface area contributed by atoms with Crippen LogP contribution in [0.2, 0.25) is 0 Å². The first kappa shape index (κ1) is 19.9. The van der Waals surface area contributed by atoms with E-state index in [0.717, 1.165) is 31.4 Å². The van der Waals surface area contributed by atoms with Gasteiger partial charge in [0.1, 0.15) is 5.75 Å². The molecule has 28 heavy (non-hydrogen) atoms. The van der Waals surface area contributed by atoms with Crippen molar-refractivity contribution >= 4 is 17.5 Å². The maximum atomic E-state index is 12.6. The van der Waals surface area contributed by atoms with Gasteiger partial charge in [0.2, 0.25) is 0 Å². The van der Waals surface area contributed by atoms with Crippen LogP contribution >= 0.6 is 0 Å². The summed E-state index contributed by atoms with van der Waals surface area (Å²) in [6, 6.07) is 8.94. The Kier molecular flexibility index (Phi) is 7.00. The minimum Gasteiger partial charge on any atom is -0.494 e. The molecule has 6 heteroatoms. The molecule has 0 bridgehead atoms. The van der Waals surface area contributed by atoms with Crippen molar-refractivity contribution in [3.63, 3.8) is 0 Å². The van der Waals surface area contributed by atoms with Gasteiger partial charge in [-0.2, -0.15) is 0 Å². The van der Waals surface area contributed by atoms with E-state index < -0.39 is 0 Å². The summed E-state index contributed by atoms with van der Waals surface area (Å²) in [5.74, 6) is 0.273. The lowest BCUT2D eigenvalue weighted by Gasteiger charge is -2.16. The number of ether oxygens (including phenoxy) is 1. The van der Waals surface area contributed by atoms with Gasteiger partial charge in [-0.15, -0.1) is 0 Å². The molecule has 0 spiro atoms. The number of anilines is 1. The molecule has 1 aromatic carbocycles. The number of hydrogen-bond acceptors (Lipinski definition) is 4. The Bertz CT molecular complexity index is 797. The average molecular weight is 381 g/mol. The first-order chi connectivity index (χ1) is 13.7. The van der Waals surface area contributed by atoms with Gasteiger partial charge in [0.05, 0.1) is 17.7 Å². The molecule has 0 radical (unpaired) electrons. The lowest BCUT2D eigenvalue weighted by Crippen LogP contribution is -2.34. The third kappa shape index (κ3) is 5.55. The van der Waals surface area contributed by atoms with E-state index in [9.17, 15) is 9.59 Å². The zero-order valence-corrected chi connectivity index (χ0v) is 16.2. The molecular formula is C22H27N3O3. The molecule has 0 atom stereocenters. The summed E-state index contributed by atoms with van der Waals surface area (Å²) < 4.78 is 5.40. The summed E-state index contributed by atoms with van der Waals surface area (Å²) in [6.07, 6.45) is 9.74. The maximum Gasteiger partial charge on any atom is 0.257 e. The number of nitrogens with one attached hydrogen (secondary N) is 2. The van der Waals surface area contributed by atoms with Crippen molar-refractivity contribution in [1.29, 1.82) is 0 Å². The SMILES string of the molecule is CCOc1ccc(NC(=O)c2cncc(C(=O)NC3CCCCCC3)c2)cc1. The van der Waals surface area contributed by atoms with E-state index in [1.807, 2.05) is 6.92 Å². The molecule has 1 fully saturated rings. The van der Waals surface area contributed by atoms with Gasteiger partial charge in [-0.3, -0.25) is 14.6 Å². The van der Waals surface area contributed by atoms with Gasteiger partial charge >= 0.3 is 0 Å². The van der Waals surface area contributed by atoms with Crippen LogP contribution in [0.25, 0.3) is 0 Å². The van der Waals surface area contributed by atoms with Crippen molar-refractivity contribution < 1.29 is 14.3 Å². The molecule has 148 valence electrons. The van der Waals surface area contributed by atoms with Crippen molar-refractivity contribution in [2.45, 2.75) is 51.5 Å². The summed E-state index contributed by atoms with van der Waals surface area (Å²) in [7, 11) is 0. The van der Waals surface area contributed by atoms with Gasteiger partial charge in [0.25, 0.3) is 11.8 Å². The van der Waals surface area contributed by atoms with E-state index >= 15 is 0 Å². The fourth-order valence-electron chi connectivity index (χ4n) is 3.39. The van der Waals surface area contributed by atoms with Crippen molar-refractivity contribution in [2.24, 2.45) is 0 Å². The molecule has 1 saturated carbocycles. The second-order valence-corrected chi connectivity index (χ2v) is 7.04. The van der Waals surface area contributed by atoms with Crippen molar-refractivity contribution in [1.82, 2.24) is 10.3 Å². The molecule has 2 N–H and O–H groups in total. The Hall–Kier alpha value is -2.89. The van der Waals surface area contributed by atoms with Crippen LogP contribution < -0.4 is 15.4 Å². The minimum absolute atomic E-state index is 0.171. The van der Waals surface area contributed by atoms with E-state index in [-0.39, 0.29) is 17.9 Å². The van der Waals surface area contributed by atoms with Crippen LogP contribution in [-0.4, -0.2) is 29.4 Å². The van der Waals surface area contributed by atoms with Gasteiger partial charge < -0.3 is 15.4 Å². The van der Waals surface area contributed by atoms with Gasteiger partial charge in [-0.05, 0) is 50.1 Å². The zero-order valence-electron chi connectivity index (χ0n) is 16.2. The average Bonchev–Trinajstić information content (AvgIpc) is 2.98. The molecule has 0 saturated heterocycles. The summed E-state index contributed by atoms with van der Waals surface area (Å²) in [4.78, 5) is 29.2. The number of pyridine rings is 1. The molecule has 2 aromatic rings. The van der Waals surface area contributed by atoms with Crippen molar-refractivity contribution in [3.05, 3.63) is 53.9 Å². The second kappa shape index (κ2) is 9.88. The number of hydrogen-bond donors (Lipinski definition) is 2. The number of rotatable bonds is 6. The molecule has 0 aliphatic heterocycles. The van der Waals surface area contributed by atoms with Crippen LogP contribution in [0.4, 0.5) is 5.69 Å². The fourth-order valence-corrected chi connectivity index (χ4v) is 3.39. The van der Waals surface area contributed by atoms with E-state index in [2.05, 4.69) is 15.6 Å². The van der Waals surface area contributed by atoms with E-state index in [0.29, 0.717) is 23.4 Å². The van der Waals surface area contributed by atoms with E-state index in [4.69, 9.17) is 4.74 Å². The maximum absolute atomic E-state index is 12.6. The molecule has 1 aliphatic rings. The first-order valence-electron chi connectivity index (χ1n) is 9.96. The normalized spacial score (nSPS) is 14.8. The second-order valence-electron chi connectivity index (χ2n) is 7.04. The van der Waals surface area contributed by atoms with Crippen LogP contribution in [0.3, 0.4) is 0 Å². The Morgan fingerprint density at radius 2 is 1.64 bits per heavy atom. The van der Waals surface area contributed by atoms with Crippen LogP contribution in [0.5, 0.6) is 5.75 Å². The monoisotopic (exact) mass is 381 g/mol. The lowest BCUT2D eigenvalue weighted by atomic mass is 10.1. The number of nitrogens with zero attached hydrogens (tertiary/aromatic N) is 1. The Morgan fingerprint density at radius 1 is 1.00 bits per heavy atom. The highest BCUT2D eigenvalue weighted by Crippen LogP contribution is 2.18. The Morgan fingerprint density at radius 3 is 2.29 bits per heavy atom. The van der Waals surface area contributed by atoms with Gasteiger partial charge in [0.15, 0.2) is 0 Å². The summed E-state index contributed by atoms with van der Waals surface area (Å²) in [5.41, 5.74) is 1.41. The third-order valence-electron chi connectivity index (χ3n) is 4.88. The Labute approximate surface area is 165 Å². The van der Waals surface area contributed by atoms with Crippen LogP contribution in [0, 0.1) is 0 Å². The minimum atomic E-state index is -0.305. The zero-order chi connectivity index (χ0) is 19.8. The first-order valence-corrected chi connectivity index (χ1v) is 9.96. The highest BCUT2D eigenvalue weighted by Gasteiger charge is 2.17. The van der Waals surface area contributed by atoms with Crippen LogP contribution in [0.1, 0.15) is 66.2 Å². The standard InChI is InChI=1S/C22H27N3O3/c1-2-28-20-11-9-19(10-12-20)25-22(27)17-13-16(14-23-15-17)21(26)24-18-7-5-3-4-6-8-18/h9-15,18H,2-8H2,1H3,(H,24,26)(H,25,27). The summed E-state index contributed by atoms with van der Waals surface area (Å²) >= 11 is 0. The number of benzene rings is 1. The lowest BCUT2D eigenvalue weighted by molar-refractivity contribution is 0.0933. The highest BCUT2D eigenvalue weighted by atomic mass is 16.5. The van der Waals surface area contributed by atoms with Gasteiger partial charge in [0, 0.05) is 24.1 Å². The number of carbonyl (C=O) groups is 2. The predicted molar refractivity (Wildman–Crippen MR) is 109 cm³/mol. The third-order valence-corrected chi connectivity index (χ3v) is 4.88. The predicted octanol–water partition coefficient (Wildman–Crippen LogP) is 4.19. The van der Waals surface area contributed by atoms with E-state index in [1.165, 1.54) is 25.2 Å².